The molecule has 0 saturated heterocycles. The standard InChI is InChI=1S/C11H14FNO/c1-8-10(12)6-9(4-3-5-13)7-11(8)14-2/h3-4,6-7H,5,13H2,1-2H3/b4-3+. The van der Waals surface area contributed by atoms with Crippen molar-refractivity contribution in [2.24, 2.45) is 5.73 Å². The van der Waals surface area contributed by atoms with Crippen molar-refractivity contribution in [3.63, 3.8) is 0 Å². The van der Waals surface area contributed by atoms with Gasteiger partial charge < -0.3 is 10.5 Å². The van der Waals surface area contributed by atoms with E-state index in [2.05, 4.69) is 0 Å². The molecular weight excluding hydrogens is 181 g/mol. The summed E-state index contributed by atoms with van der Waals surface area (Å²) in [7, 11) is 1.53. The molecule has 0 aromatic heterocycles. The van der Waals surface area contributed by atoms with Crippen molar-refractivity contribution in [2.75, 3.05) is 13.7 Å². The third kappa shape index (κ3) is 2.33. The lowest BCUT2D eigenvalue weighted by atomic mass is 10.1. The minimum Gasteiger partial charge on any atom is -0.496 e. The van der Waals surface area contributed by atoms with Crippen molar-refractivity contribution < 1.29 is 9.13 Å². The van der Waals surface area contributed by atoms with E-state index in [0.29, 0.717) is 17.9 Å². The number of rotatable bonds is 3. The van der Waals surface area contributed by atoms with Crippen molar-refractivity contribution >= 4 is 6.08 Å². The maximum atomic E-state index is 13.3. The summed E-state index contributed by atoms with van der Waals surface area (Å²) >= 11 is 0. The van der Waals surface area contributed by atoms with Gasteiger partial charge in [-0.05, 0) is 24.6 Å². The summed E-state index contributed by atoms with van der Waals surface area (Å²) in [6, 6.07) is 3.24. The van der Waals surface area contributed by atoms with Crippen LogP contribution >= 0.6 is 0 Å². The Morgan fingerprint density at radius 2 is 2.21 bits per heavy atom. The van der Waals surface area contributed by atoms with Crippen molar-refractivity contribution in [3.05, 3.63) is 35.2 Å². The van der Waals surface area contributed by atoms with E-state index in [1.54, 1.807) is 25.1 Å². The molecule has 0 unspecified atom stereocenters. The Labute approximate surface area is 83.2 Å². The molecule has 0 saturated carbocycles. The van der Waals surface area contributed by atoms with Gasteiger partial charge in [0.15, 0.2) is 0 Å². The molecule has 0 spiro atoms. The maximum absolute atomic E-state index is 13.3. The monoisotopic (exact) mass is 195 g/mol. The quantitative estimate of drug-likeness (QED) is 0.801. The molecule has 1 rings (SSSR count). The summed E-state index contributed by atoms with van der Waals surface area (Å²) in [6.07, 6.45) is 3.54. The van der Waals surface area contributed by atoms with E-state index in [0.717, 1.165) is 5.56 Å². The van der Waals surface area contributed by atoms with Crippen LogP contribution in [0.25, 0.3) is 6.08 Å². The first-order chi connectivity index (χ1) is 6.69. The van der Waals surface area contributed by atoms with Gasteiger partial charge in [0.1, 0.15) is 11.6 Å². The van der Waals surface area contributed by atoms with Gasteiger partial charge in [-0.1, -0.05) is 12.2 Å². The average molecular weight is 195 g/mol. The number of hydrogen-bond acceptors (Lipinski definition) is 2. The predicted octanol–water partition coefficient (Wildman–Crippen LogP) is 2.11. The third-order valence-corrected chi connectivity index (χ3v) is 1.99. The van der Waals surface area contributed by atoms with Crippen molar-refractivity contribution in [1.29, 1.82) is 0 Å². The highest BCUT2D eigenvalue weighted by Crippen LogP contribution is 2.23. The summed E-state index contributed by atoms with van der Waals surface area (Å²) in [5.74, 6) is 0.294. The van der Waals surface area contributed by atoms with E-state index in [9.17, 15) is 4.39 Å². The first-order valence-corrected chi connectivity index (χ1v) is 4.39. The largest absolute Gasteiger partial charge is 0.496 e. The molecule has 3 heteroatoms. The van der Waals surface area contributed by atoms with Gasteiger partial charge in [0, 0.05) is 12.1 Å². The molecule has 0 aliphatic rings. The Kier molecular flexibility index (Phi) is 3.65. The molecule has 0 heterocycles. The Balaban J connectivity index is 3.09. The minimum atomic E-state index is -0.263. The lowest BCUT2D eigenvalue weighted by Gasteiger charge is -2.06. The molecule has 0 atom stereocenters. The maximum Gasteiger partial charge on any atom is 0.130 e. The molecule has 2 N–H and O–H groups in total. The summed E-state index contributed by atoms with van der Waals surface area (Å²) in [5.41, 5.74) is 6.59. The van der Waals surface area contributed by atoms with Crippen LogP contribution < -0.4 is 10.5 Å². The van der Waals surface area contributed by atoms with Gasteiger partial charge in [-0.3, -0.25) is 0 Å². The molecule has 0 aliphatic heterocycles. The second kappa shape index (κ2) is 4.77. The molecule has 1 aromatic rings. The molecule has 0 radical (unpaired) electrons. The number of methoxy groups -OCH3 is 1. The van der Waals surface area contributed by atoms with Gasteiger partial charge in [-0.25, -0.2) is 4.39 Å². The van der Waals surface area contributed by atoms with Crippen LogP contribution in [-0.2, 0) is 0 Å². The van der Waals surface area contributed by atoms with Crippen LogP contribution in [0, 0.1) is 12.7 Å². The summed E-state index contributed by atoms with van der Waals surface area (Å²) < 4.78 is 18.4. The van der Waals surface area contributed by atoms with Crippen LogP contribution in [-0.4, -0.2) is 13.7 Å². The zero-order chi connectivity index (χ0) is 10.6. The van der Waals surface area contributed by atoms with E-state index < -0.39 is 0 Å². The molecule has 2 nitrogen and oxygen atoms in total. The summed E-state index contributed by atoms with van der Waals surface area (Å²) in [4.78, 5) is 0. The second-order valence-corrected chi connectivity index (χ2v) is 2.97. The highest BCUT2D eigenvalue weighted by molar-refractivity contribution is 5.54. The average Bonchev–Trinajstić information content (AvgIpc) is 2.19. The second-order valence-electron chi connectivity index (χ2n) is 2.97. The fraction of sp³-hybridized carbons (Fsp3) is 0.273. The van der Waals surface area contributed by atoms with Gasteiger partial charge >= 0.3 is 0 Å². The normalized spacial score (nSPS) is 10.9. The zero-order valence-electron chi connectivity index (χ0n) is 8.38. The van der Waals surface area contributed by atoms with Gasteiger partial charge in [0.05, 0.1) is 7.11 Å². The van der Waals surface area contributed by atoms with Gasteiger partial charge in [-0.15, -0.1) is 0 Å². The Morgan fingerprint density at radius 1 is 1.50 bits per heavy atom. The number of halogens is 1. The van der Waals surface area contributed by atoms with Crippen LogP contribution in [0.4, 0.5) is 4.39 Å². The Bertz CT molecular complexity index is 347. The SMILES string of the molecule is COc1cc(/C=C/CN)cc(F)c1C. The molecule has 1 aromatic carbocycles. The van der Waals surface area contributed by atoms with Crippen LogP contribution in [0.2, 0.25) is 0 Å². The van der Waals surface area contributed by atoms with Crippen LogP contribution in [0.15, 0.2) is 18.2 Å². The molecule has 14 heavy (non-hydrogen) atoms. The topological polar surface area (TPSA) is 35.2 Å². The van der Waals surface area contributed by atoms with Crippen LogP contribution in [0.5, 0.6) is 5.75 Å². The van der Waals surface area contributed by atoms with Crippen molar-refractivity contribution in [2.45, 2.75) is 6.92 Å². The highest BCUT2D eigenvalue weighted by Gasteiger charge is 2.05. The van der Waals surface area contributed by atoms with Gasteiger partial charge in [-0.2, -0.15) is 0 Å². The van der Waals surface area contributed by atoms with Crippen LogP contribution in [0.1, 0.15) is 11.1 Å². The molecule has 76 valence electrons. The first-order valence-electron chi connectivity index (χ1n) is 4.39. The van der Waals surface area contributed by atoms with E-state index in [4.69, 9.17) is 10.5 Å². The zero-order valence-corrected chi connectivity index (χ0v) is 8.38. The highest BCUT2D eigenvalue weighted by atomic mass is 19.1. The van der Waals surface area contributed by atoms with E-state index >= 15 is 0 Å². The number of nitrogens with two attached hydrogens (primary N) is 1. The molecule has 0 amide bonds. The Morgan fingerprint density at radius 3 is 2.79 bits per heavy atom. The van der Waals surface area contributed by atoms with E-state index in [1.807, 2.05) is 0 Å². The number of hydrogen-bond donors (Lipinski definition) is 1. The van der Waals surface area contributed by atoms with Crippen molar-refractivity contribution in [3.8, 4) is 5.75 Å². The lowest BCUT2D eigenvalue weighted by molar-refractivity contribution is 0.407. The fourth-order valence-corrected chi connectivity index (χ4v) is 1.19. The Hall–Kier alpha value is -1.35. The predicted molar refractivity (Wildman–Crippen MR) is 55.8 cm³/mol. The molecular formula is C11H14FNO. The summed E-state index contributed by atoms with van der Waals surface area (Å²) in [6.45, 7) is 2.13. The molecule has 0 fully saturated rings. The van der Waals surface area contributed by atoms with Crippen LogP contribution in [0.3, 0.4) is 0 Å². The first kappa shape index (κ1) is 10.7. The van der Waals surface area contributed by atoms with Crippen molar-refractivity contribution in [1.82, 2.24) is 0 Å². The molecule has 0 aliphatic carbocycles. The smallest absolute Gasteiger partial charge is 0.130 e. The van der Waals surface area contributed by atoms with E-state index in [1.165, 1.54) is 13.2 Å². The summed E-state index contributed by atoms with van der Waals surface area (Å²) in [5, 5.41) is 0. The number of benzene rings is 1. The minimum absolute atomic E-state index is 0.263. The molecule has 0 bridgehead atoms. The van der Waals surface area contributed by atoms with Gasteiger partial charge in [0.25, 0.3) is 0 Å². The third-order valence-electron chi connectivity index (χ3n) is 1.99. The lowest BCUT2D eigenvalue weighted by Crippen LogP contribution is -1.94. The fourth-order valence-electron chi connectivity index (χ4n) is 1.19. The van der Waals surface area contributed by atoms with E-state index in [-0.39, 0.29) is 5.82 Å². The van der Waals surface area contributed by atoms with Gasteiger partial charge in [0.2, 0.25) is 0 Å². The number of ether oxygens (including phenoxy) is 1.